The Morgan fingerprint density at radius 3 is 2.57 bits per heavy atom. The third kappa shape index (κ3) is 2.59. The largest absolute Gasteiger partial charge is 0.361 e. The van der Waals surface area contributed by atoms with Gasteiger partial charge < -0.3 is 10.3 Å². The highest BCUT2D eigenvalue weighted by Gasteiger charge is 2.31. The van der Waals surface area contributed by atoms with Gasteiger partial charge in [-0.15, -0.1) is 0 Å². The fourth-order valence-electron chi connectivity index (χ4n) is 3.14. The molecule has 21 heavy (non-hydrogen) atoms. The first-order chi connectivity index (χ1) is 10.4. The van der Waals surface area contributed by atoms with E-state index in [4.69, 9.17) is 0 Å². The SMILES string of the molecule is c1ccc(C(NCc2c[nH]c3ccccc23)C2CC2)cc1. The van der Waals surface area contributed by atoms with E-state index in [1.165, 1.54) is 34.9 Å². The lowest BCUT2D eigenvalue weighted by Crippen LogP contribution is -2.22. The Morgan fingerprint density at radius 1 is 1.00 bits per heavy atom. The monoisotopic (exact) mass is 276 g/mol. The predicted molar refractivity (Wildman–Crippen MR) is 87.0 cm³/mol. The fraction of sp³-hybridized carbons (Fsp3) is 0.263. The zero-order valence-electron chi connectivity index (χ0n) is 12.0. The topological polar surface area (TPSA) is 27.8 Å². The summed E-state index contributed by atoms with van der Waals surface area (Å²) >= 11 is 0. The molecule has 0 aliphatic heterocycles. The standard InChI is InChI=1S/C19H20N2/c1-2-6-14(7-3-1)19(15-10-11-15)21-13-16-12-20-18-9-5-4-8-17(16)18/h1-9,12,15,19-21H,10-11,13H2. The maximum Gasteiger partial charge on any atom is 0.0457 e. The molecule has 0 amide bonds. The molecule has 1 fully saturated rings. The first-order valence-corrected chi connectivity index (χ1v) is 7.75. The molecule has 1 heterocycles. The van der Waals surface area contributed by atoms with E-state index >= 15 is 0 Å². The molecule has 0 spiro atoms. The number of aromatic amines is 1. The average Bonchev–Trinajstić information content (AvgIpc) is 3.29. The van der Waals surface area contributed by atoms with E-state index < -0.39 is 0 Å². The molecule has 1 aliphatic carbocycles. The van der Waals surface area contributed by atoms with Gasteiger partial charge in [-0.25, -0.2) is 0 Å². The highest BCUT2D eigenvalue weighted by atomic mass is 14.9. The van der Waals surface area contributed by atoms with Gasteiger partial charge in [0.25, 0.3) is 0 Å². The molecule has 1 saturated carbocycles. The van der Waals surface area contributed by atoms with Gasteiger partial charge in [0.2, 0.25) is 0 Å². The highest BCUT2D eigenvalue weighted by Crippen LogP contribution is 2.41. The van der Waals surface area contributed by atoms with Gasteiger partial charge >= 0.3 is 0 Å². The van der Waals surface area contributed by atoms with Crippen molar-refractivity contribution in [1.82, 2.24) is 10.3 Å². The first-order valence-electron chi connectivity index (χ1n) is 7.75. The Morgan fingerprint density at radius 2 is 1.76 bits per heavy atom. The van der Waals surface area contributed by atoms with Crippen molar-refractivity contribution in [3.8, 4) is 0 Å². The Kier molecular flexibility index (Phi) is 3.24. The highest BCUT2D eigenvalue weighted by molar-refractivity contribution is 5.82. The van der Waals surface area contributed by atoms with Crippen LogP contribution in [-0.4, -0.2) is 4.98 Å². The summed E-state index contributed by atoms with van der Waals surface area (Å²) in [6.45, 7) is 0.917. The second-order valence-electron chi connectivity index (χ2n) is 5.97. The molecule has 0 saturated heterocycles. The molecular weight excluding hydrogens is 256 g/mol. The Hall–Kier alpha value is -2.06. The van der Waals surface area contributed by atoms with Crippen LogP contribution in [-0.2, 0) is 6.54 Å². The van der Waals surface area contributed by atoms with Crippen molar-refractivity contribution in [2.75, 3.05) is 0 Å². The first kappa shape index (κ1) is 12.7. The quantitative estimate of drug-likeness (QED) is 0.710. The fourth-order valence-corrected chi connectivity index (χ4v) is 3.14. The third-order valence-corrected chi connectivity index (χ3v) is 4.44. The number of fused-ring (bicyclic) bond motifs is 1. The van der Waals surface area contributed by atoms with E-state index in [0.717, 1.165) is 12.5 Å². The van der Waals surface area contributed by atoms with Crippen molar-refractivity contribution in [1.29, 1.82) is 0 Å². The van der Waals surface area contributed by atoms with Crippen molar-refractivity contribution in [2.45, 2.75) is 25.4 Å². The van der Waals surface area contributed by atoms with E-state index in [1.54, 1.807) is 0 Å². The Bertz CT molecular complexity index is 725. The maximum atomic E-state index is 3.77. The molecule has 1 atom stereocenters. The van der Waals surface area contributed by atoms with E-state index in [2.05, 4.69) is 71.1 Å². The summed E-state index contributed by atoms with van der Waals surface area (Å²) < 4.78 is 0. The molecule has 2 aromatic carbocycles. The van der Waals surface area contributed by atoms with Crippen molar-refractivity contribution in [2.24, 2.45) is 5.92 Å². The van der Waals surface area contributed by atoms with Crippen LogP contribution in [0.4, 0.5) is 0 Å². The van der Waals surface area contributed by atoms with Gasteiger partial charge in [0.15, 0.2) is 0 Å². The van der Waals surface area contributed by atoms with Crippen LogP contribution >= 0.6 is 0 Å². The van der Waals surface area contributed by atoms with Gasteiger partial charge in [-0.3, -0.25) is 0 Å². The molecule has 106 valence electrons. The normalized spacial score (nSPS) is 16.2. The lowest BCUT2D eigenvalue weighted by atomic mass is 10.0. The minimum absolute atomic E-state index is 0.486. The van der Waals surface area contributed by atoms with E-state index in [1.807, 2.05) is 0 Å². The number of benzene rings is 2. The van der Waals surface area contributed by atoms with Gasteiger partial charge in [-0.2, -0.15) is 0 Å². The molecule has 1 aliphatic rings. The summed E-state index contributed by atoms with van der Waals surface area (Å²) in [6.07, 6.45) is 4.83. The van der Waals surface area contributed by atoms with Crippen LogP contribution in [0, 0.1) is 5.92 Å². The Balaban J connectivity index is 1.54. The van der Waals surface area contributed by atoms with E-state index in [-0.39, 0.29) is 0 Å². The minimum Gasteiger partial charge on any atom is -0.361 e. The van der Waals surface area contributed by atoms with Gasteiger partial charge in [0.05, 0.1) is 0 Å². The average molecular weight is 276 g/mol. The molecule has 2 heteroatoms. The molecule has 4 rings (SSSR count). The second-order valence-corrected chi connectivity index (χ2v) is 5.97. The lowest BCUT2D eigenvalue weighted by Gasteiger charge is -2.18. The summed E-state index contributed by atoms with van der Waals surface area (Å²) in [7, 11) is 0. The number of hydrogen-bond donors (Lipinski definition) is 2. The summed E-state index contributed by atoms with van der Waals surface area (Å²) in [5, 5.41) is 5.10. The lowest BCUT2D eigenvalue weighted by molar-refractivity contribution is 0.481. The van der Waals surface area contributed by atoms with Crippen LogP contribution in [0.5, 0.6) is 0 Å². The van der Waals surface area contributed by atoms with Crippen LogP contribution in [0.25, 0.3) is 10.9 Å². The van der Waals surface area contributed by atoms with Gasteiger partial charge in [0.1, 0.15) is 0 Å². The zero-order valence-corrected chi connectivity index (χ0v) is 12.0. The van der Waals surface area contributed by atoms with Gasteiger partial charge in [-0.1, -0.05) is 48.5 Å². The van der Waals surface area contributed by atoms with E-state index in [0.29, 0.717) is 6.04 Å². The van der Waals surface area contributed by atoms with Gasteiger partial charge in [0, 0.05) is 29.7 Å². The predicted octanol–water partition coefficient (Wildman–Crippen LogP) is 4.41. The van der Waals surface area contributed by atoms with Crippen molar-refractivity contribution in [3.05, 3.63) is 71.9 Å². The Labute approximate surface area is 125 Å². The van der Waals surface area contributed by atoms with Crippen LogP contribution in [0.3, 0.4) is 0 Å². The molecular formula is C19H20N2. The number of aromatic nitrogens is 1. The zero-order chi connectivity index (χ0) is 14.1. The number of H-pyrrole nitrogens is 1. The van der Waals surface area contributed by atoms with Crippen molar-refractivity contribution >= 4 is 10.9 Å². The van der Waals surface area contributed by atoms with Crippen LogP contribution in [0.2, 0.25) is 0 Å². The number of para-hydroxylation sites is 1. The molecule has 2 nitrogen and oxygen atoms in total. The van der Waals surface area contributed by atoms with Crippen molar-refractivity contribution < 1.29 is 0 Å². The summed E-state index contributed by atoms with van der Waals surface area (Å²) in [5.41, 5.74) is 3.99. The van der Waals surface area contributed by atoms with Crippen LogP contribution < -0.4 is 5.32 Å². The van der Waals surface area contributed by atoms with Crippen LogP contribution in [0.1, 0.15) is 30.0 Å². The third-order valence-electron chi connectivity index (χ3n) is 4.44. The molecule has 1 unspecified atom stereocenters. The molecule has 2 N–H and O–H groups in total. The maximum absolute atomic E-state index is 3.77. The smallest absolute Gasteiger partial charge is 0.0457 e. The number of hydrogen-bond acceptors (Lipinski definition) is 1. The molecule has 3 aromatic rings. The molecule has 0 radical (unpaired) electrons. The molecule has 1 aromatic heterocycles. The second kappa shape index (κ2) is 5.38. The van der Waals surface area contributed by atoms with Gasteiger partial charge in [-0.05, 0) is 36.0 Å². The number of nitrogens with one attached hydrogen (secondary N) is 2. The number of rotatable bonds is 5. The summed E-state index contributed by atoms with van der Waals surface area (Å²) in [5.74, 6) is 0.803. The minimum atomic E-state index is 0.486. The summed E-state index contributed by atoms with van der Waals surface area (Å²) in [6, 6.07) is 19.8. The van der Waals surface area contributed by atoms with Crippen molar-refractivity contribution in [3.63, 3.8) is 0 Å². The molecule has 0 bridgehead atoms. The summed E-state index contributed by atoms with van der Waals surface area (Å²) in [4.78, 5) is 3.36. The van der Waals surface area contributed by atoms with Crippen LogP contribution in [0.15, 0.2) is 60.8 Å². The van der Waals surface area contributed by atoms with E-state index in [9.17, 15) is 0 Å².